The van der Waals surface area contributed by atoms with Gasteiger partial charge in [-0.15, -0.1) is 0 Å². The van der Waals surface area contributed by atoms with E-state index < -0.39 is 6.10 Å². The Bertz CT molecular complexity index is 411. The molecular weight excluding hydrogens is 198 g/mol. The van der Waals surface area contributed by atoms with Gasteiger partial charge >= 0.3 is 0 Å². The van der Waals surface area contributed by atoms with Gasteiger partial charge in [-0.3, -0.25) is 0 Å². The summed E-state index contributed by atoms with van der Waals surface area (Å²) in [5.41, 5.74) is 1.64. The molecule has 0 aliphatic carbocycles. The number of nitrogens with one attached hydrogen (secondary N) is 1. The van der Waals surface area contributed by atoms with Gasteiger partial charge in [-0.2, -0.15) is 0 Å². The Hall–Kier alpha value is -1.25. The van der Waals surface area contributed by atoms with E-state index in [0.29, 0.717) is 5.02 Å². The first kappa shape index (κ1) is 9.31. The number of aromatic nitrogens is 1. The van der Waals surface area contributed by atoms with Crippen molar-refractivity contribution in [3.8, 4) is 0 Å². The molecule has 0 aliphatic heterocycles. The average molecular weight is 208 g/mol. The van der Waals surface area contributed by atoms with E-state index in [2.05, 4.69) is 4.98 Å². The van der Waals surface area contributed by atoms with Crippen LogP contribution in [0.1, 0.15) is 17.2 Å². The van der Waals surface area contributed by atoms with E-state index in [0.717, 1.165) is 11.1 Å². The highest BCUT2D eigenvalue weighted by Crippen LogP contribution is 2.23. The fourth-order valence-corrected chi connectivity index (χ4v) is 1.57. The second-order valence-electron chi connectivity index (χ2n) is 3.10. The highest BCUT2D eigenvalue weighted by molar-refractivity contribution is 6.30. The van der Waals surface area contributed by atoms with Crippen LogP contribution in [0.3, 0.4) is 0 Å². The second-order valence-corrected chi connectivity index (χ2v) is 3.54. The largest absolute Gasteiger partial charge is 0.384 e. The fourth-order valence-electron chi connectivity index (χ4n) is 1.38. The third-order valence-corrected chi connectivity index (χ3v) is 2.34. The Morgan fingerprint density at radius 1 is 1.21 bits per heavy atom. The second kappa shape index (κ2) is 3.86. The summed E-state index contributed by atoms with van der Waals surface area (Å²) < 4.78 is 0. The molecule has 0 spiro atoms. The molecule has 72 valence electrons. The summed E-state index contributed by atoms with van der Waals surface area (Å²) in [5, 5.41) is 10.6. The third kappa shape index (κ3) is 1.81. The number of aliphatic hydroxyl groups is 1. The van der Waals surface area contributed by atoms with Crippen molar-refractivity contribution in [2.75, 3.05) is 0 Å². The van der Waals surface area contributed by atoms with E-state index in [1.165, 1.54) is 0 Å². The minimum Gasteiger partial charge on any atom is -0.384 e. The van der Waals surface area contributed by atoms with Crippen LogP contribution in [0.15, 0.2) is 42.7 Å². The number of H-pyrrole nitrogens is 1. The lowest BCUT2D eigenvalue weighted by atomic mass is 10.0. The number of halogens is 1. The zero-order valence-electron chi connectivity index (χ0n) is 7.44. The smallest absolute Gasteiger partial charge is 0.106 e. The molecule has 2 rings (SSSR count). The molecule has 0 radical (unpaired) electrons. The van der Waals surface area contributed by atoms with Gasteiger partial charge < -0.3 is 10.1 Å². The molecule has 1 aromatic heterocycles. The molecule has 2 aromatic rings. The summed E-state index contributed by atoms with van der Waals surface area (Å²) in [4.78, 5) is 2.90. The maximum Gasteiger partial charge on any atom is 0.106 e. The lowest BCUT2D eigenvalue weighted by Crippen LogP contribution is -1.97. The Labute approximate surface area is 87.2 Å². The van der Waals surface area contributed by atoms with Crippen molar-refractivity contribution in [1.29, 1.82) is 0 Å². The number of benzene rings is 1. The van der Waals surface area contributed by atoms with E-state index >= 15 is 0 Å². The van der Waals surface area contributed by atoms with Crippen molar-refractivity contribution in [2.45, 2.75) is 6.10 Å². The molecule has 0 fully saturated rings. The van der Waals surface area contributed by atoms with Crippen molar-refractivity contribution in [3.05, 3.63) is 58.9 Å². The summed E-state index contributed by atoms with van der Waals surface area (Å²) in [6, 6.07) is 9.07. The van der Waals surface area contributed by atoms with Gasteiger partial charge in [0.1, 0.15) is 6.10 Å². The topological polar surface area (TPSA) is 36.0 Å². The zero-order valence-corrected chi connectivity index (χ0v) is 8.20. The van der Waals surface area contributed by atoms with Gasteiger partial charge in [0.05, 0.1) is 0 Å². The van der Waals surface area contributed by atoms with E-state index in [-0.39, 0.29) is 0 Å². The first-order valence-corrected chi connectivity index (χ1v) is 4.71. The first-order chi connectivity index (χ1) is 6.77. The molecule has 1 atom stereocenters. The van der Waals surface area contributed by atoms with Gasteiger partial charge in [0.25, 0.3) is 0 Å². The number of hydrogen-bond acceptors (Lipinski definition) is 1. The number of aliphatic hydroxyl groups excluding tert-OH is 1. The molecule has 2 nitrogen and oxygen atoms in total. The molecule has 0 amide bonds. The predicted molar refractivity (Wildman–Crippen MR) is 56.3 cm³/mol. The van der Waals surface area contributed by atoms with Crippen molar-refractivity contribution < 1.29 is 5.11 Å². The summed E-state index contributed by atoms with van der Waals surface area (Å²) in [7, 11) is 0. The van der Waals surface area contributed by atoms with Gasteiger partial charge in [-0.1, -0.05) is 23.7 Å². The standard InChI is InChI=1S/C11H10ClNO/c12-10-3-1-2-8(6-10)11(14)9-4-5-13-7-9/h1-7,11,13-14H. The van der Waals surface area contributed by atoms with Gasteiger partial charge in [-0.05, 0) is 23.8 Å². The Morgan fingerprint density at radius 3 is 2.71 bits per heavy atom. The lowest BCUT2D eigenvalue weighted by molar-refractivity contribution is 0.220. The molecule has 0 saturated heterocycles. The molecule has 3 heteroatoms. The first-order valence-electron chi connectivity index (χ1n) is 4.33. The lowest BCUT2D eigenvalue weighted by Gasteiger charge is -2.08. The van der Waals surface area contributed by atoms with Gasteiger partial charge in [0.15, 0.2) is 0 Å². The molecule has 2 N–H and O–H groups in total. The normalized spacial score (nSPS) is 12.7. The van der Waals surface area contributed by atoms with Crippen LogP contribution in [0, 0.1) is 0 Å². The van der Waals surface area contributed by atoms with Crippen LogP contribution in [-0.4, -0.2) is 10.1 Å². The quantitative estimate of drug-likeness (QED) is 0.781. The van der Waals surface area contributed by atoms with Gasteiger partial charge in [-0.25, -0.2) is 0 Å². The zero-order chi connectivity index (χ0) is 9.97. The fraction of sp³-hybridized carbons (Fsp3) is 0.0909. The van der Waals surface area contributed by atoms with E-state index in [4.69, 9.17) is 11.6 Å². The van der Waals surface area contributed by atoms with Crippen LogP contribution in [0.2, 0.25) is 5.02 Å². The van der Waals surface area contributed by atoms with Crippen LogP contribution in [0.5, 0.6) is 0 Å². The molecule has 0 saturated carbocycles. The number of hydrogen-bond donors (Lipinski definition) is 2. The van der Waals surface area contributed by atoms with Crippen molar-refractivity contribution >= 4 is 11.6 Å². The monoisotopic (exact) mass is 207 g/mol. The summed E-state index contributed by atoms with van der Waals surface area (Å²) >= 11 is 5.83. The Balaban J connectivity index is 2.32. The predicted octanol–water partition coefficient (Wildman–Crippen LogP) is 2.75. The molecule has 14 heavy (non-hydrogen) atoms. The maximum absolute atomic E-state index is 9.93. The molecule has 0 aliphatic rings. The van der Waals surface area contributed by atoms with Gasteiger partial charge in [0.2, 0.25) is 0 Å². The summed E-state index contributed by atoms with van der Waals surface area (Å²) in [6.45, 7) is 0. The molecule has 1 aromatic carbocycles. The molecule has 1 unspecified atom stereocenters. The molecular formula is C11H10ClNO. The Kier molecular flexibility index (Phi) is 2.57. The number of rotatable bonds is 2. The summed E-state index contributed by atoms with van der Waals surface area (Å²) in [6.07, 6.45) is 2.94. The van der Waals surface area contributed by atoms with Crippen LogP contribution >= 0.6 is 11.6 Å². The average Bonchev–Trinajstić information content (AvgIpc) is 2.69. The molecule has 1 heterocycles. The number of aromatic amines is 1. The van der Waals surface area contributed by atoms with Gasteiger partial charge in [0, 0.05) is 23.0 Å². The Morgan fingerprint density at radius 2 is 2.07 bits per heavy atom. The third-order valence-electron chi connectivity index (χ3n) is 2.10. The van der Waals surface area contributed by atoms with Crippen LogP contribution in [0.25, 0.3) is 0 Å². The highest BCUT2D eigenvalue weighted by atomic mass is 35.5. The van der Waals surface area contributed by atoms with E-state index in [1.807, 2.05) is 18.2 Å². The van der Waals surface area contributed by atoms with Crippen LogP contribution in [0.4, 0.5) is 0 Å². The van der Waals surface area contributed by atoms with Crippen molar-refractivity contribution in [1.82, 2.24) is 4.98 Å². The highest BCUT2D eigenvalue weighted by Gasteiger charge is 2.10. The van der Waals surface area contributed by atoms with Crippen LogP contribution in [-0.2, 0) is 0 Å². The molecule has 0 bridgehead atoms. The van der Waals surface area contributed by atoms with E-state index in [9.17, 15) is 5.11 Å². The van der Waals surface area contributed by atoms with E-state index in [1.54, 1.807) is 24.5 Å². The SMILES string of the molecule is OC(c1cc[nH]c1)c1cccc(Cl)c1. The van der Waals surface area contributed by atoms with Crippen LogP contribution < -0.4 is 0 Å². The minimum atomic E-state index is -0.611. The summed E-state index contributed by atoms with van der Waals surface area (Å²) in [5.74, 6) is 0. The van der Waals surface area contributed by atoms with Crippen molar-refractivity contribution in [2.24, 2.45) is 0 Å². The maximum atomic E-state index is 9.93. The van der Waals surface area contributed by atoms with Crippen molar-refractivity contribution in [3.63, 3.8) is 0 Å². The minimum absolute atomic E-state index is 0.611.